The highest BCUT2D eigenvalue weighted by Crippen LogP contribution is 2.15. The predicted octanol–water partition coefficient (Wildman–Crippen LogP) is 2.32. The predicted molar refractivity (Wildman–Crippen MR) is 62.2 cm³/mol. The summed E-state index contributed by atoms with van der Waals surface area (Å²) in [5, 5.41) is 12.8. The van der Waals surface area contributed by atoms with Crippen LogP contribution in [0, 0.1) is 0 Å². The Balaban J connectivity index is 1.74. The number of nitrogens with one attached hydrogen (secondary N) is 1. The fourth-order valence-corrected chi connectivity index (χ4v) is 1.57. The lowest BCUT2D eigenvalue weighted by Crippen LogP contribution is -2.16. The van der Waals surface area contributed by atoms with E-state index in [1.807, 2.05) is 30.3 Å². The number of rotatable bonds is 5. The Kier molecular flexibility index (Phi) is 3.62. The van der Waals surface area contributed by atoms with Crippen molar-refractivity contribution in [2.24, 2.45) is 0 Å². The number of phenolic OH excluding ortho intramolecular Hbond substituents is 1. The van der Waals surface area contributed by atoms with Gasteiger partial charge in [0.25, 0.3) is 0 Å². The standard InChI is InChI=1S/C13H15NO2/c15-13-6-2-1-4-11(13)7-8-14-10-12-5-3-9-16-12/h1-6,9,14-15H,7-8,10H2. The van der Waals surface area contributed by atoms with Crippen LogP contribution in [0.5, 0.6) is 5.75 Å². The minimum atomic E-state index is 0.363. The lowest BCUT2D eigenvalue weighted by Gasteiger charge is -2.04. The van der Waals surface area contributed by atoms with Gasteiger partial charge in [-0.25, -0.2) is 0 Å². The molecule has 0 aliphatic heterocycles. The van der Waals surface area contributed by atoms with Gasteiger partial charge in [0.05, 0.1) is 12.8 Å². The molecular formula is C13H15NO2. The van der Waals surface area contributed by atoms with Gasteiger partial charge in [-0.2, -0.15) is 0 Å². The molecule has 0 amide bonds. The second-order valence-corrected chi connectivity index (χ2v) is 3.63. The third-order valence-electron chi connectivity index (χ3n) is 2.44. The van der Waals surface area contributed by atoms with E-state index in [0.29, 0.717) is 5.75 Å². The van der Waals surface area contributed by atoms with Crippen molar-refractivity contribution in [2.75, 3.05) is 6.54 Å². The molecule has 16 heavy (non-hydrogen) atoms. The molecule has 0 fully saturated rings. The van der Waals surface area contributed by atoms with Gasteiger partial charge in [-0.05, 0) is 36.7 Å². The first kappa shape index (κ1) is 10.8. The number of para-hydroxylation sites is 1. The number of benzene rings is 1. The fraction of sp³-hybridized carbons (Fsp3) is 0.231. The zero-order valence-electron chi connectivity index (χ0n) is 9.02. The smallest absolute Gasteiger partial charge is 0.118 e. The van der Waals surface area contributed by atoms with Crippen molar-refractivity contribution in [3.8, 4) is 5.75 Å². The molecule has 84 valence electrons. The Morgan fingerprint density at radius 3 is 2.75 bits per heavy atom. The lowest BCUT2D eigenvalue weighted by molar-refractivity contribution is 0.463. The van der Waals surface area contributed by atoms with Crippen LogP contribution >= 0.6 is 0 Å². The minimum absolute atomic E-state index is 0.363. The maximum atomic E-state index is 9.55. The van der Waals surface area contributed by atoms with Crippen LogP contribution in [0.2, 0.25) is 0 Å². The van der Waals surface area contributed by atoms with Gasteiger partial charge in [-0.15, -0.1) is 0 Å². The summed E-state index contributed by atoms with van der Waals surface area (Å²) in [7, 11) is 0. The average molecular weight is 217 g/mol. The molecule has 2 N–H and O–H groups in total. The first-order valence-corrected chi connectivity index (χ1v) is 5.36. The van der Waals surface area contributed by atoms with E-state index in [1.165, 1.54) is 0 Å². The van der Waals surface area contributed by atoms with E-state index in [0.717, 1.165) is 30.8 Å². The number of furan rings is 1. The summed E-state index contributed by atoms with van der Waals surface area (Å²) in [6.07, 6.45) is 2.48. The topological polar surface area (TPSA) is 45.4 Å². The van der Waals surface area contributed by atoms with Crippen LogP contribution < -0.4 is 5.32 Å². The molecule has 2 aromatic rings. The first-order valence-electron chi connectivity index (χ1n) is 5.36. The Bertz CT molecular complexity index is 423. The lowest BCUT2D eigenvalue weighted by atomic mass is 10.1. The van der Waals surface area contributed by atoms with Gasteiger partial charge < -0.3 is 14.8 Å². The monoisotopic (exact) mass is 217 g/mol. The third-order valence-corrected chi connectivity index (χ3v) is 2.44. The van der Waals surface area contributed by atoms with E-state index in [4.69, 9.17) is 4.42 Å². The van der Waals surface area contributed by atoms with Crippen LogP contribution in [0.3, 0.4) is 0 Å². The van der Waals surface area contributed by atoms with Gasteiger partial charge >= 0.3 is 0 Å². The molecule has 0 atom stereocenters. The summed E-state index contributed by atoms with van der Waals surface area (Å²) in [6, 6.07) is 11.2. The Morgan fingerprint density at radius 1 is 1.12 bits per heavy atom. The molecule has 0 saturated carbocycles. The Hall–Kier alpha value is -1.74. The van der Waals surface area contributed by atoms with Crippen LogP contribution in [0.4, 0.5) is 0 Å². The zero-order chi connectivity index (χ0) is 11.2. The van der Waals surface area contributed by atoms with Crippen molar-refractivity contribution in [3.63, 3.8) is 0 Å². The molecule has 2 rings (SSSR count). The zero-order valence-corrected chi connectivity index (χ0v) is 9.02. The SMILES string of the molecule is Oc1ccccc1CCNCc1ccco1. The number of hydrogen-bond acceptors (Lipinski definition) is 3. The maximum absolute atomic E-state index is 9.55. The molecular weight excluding hydrogens is 202 g/mol. The van der Waals surface area contributed by atoms with E-state index in [2.05, 4.69) is 5.32 Å². The summed E-state index contributed by atoms with van der Waals surface area (Å²) in [4.78, 5) is 0. The van der Waals surface area contributed by atoms with Crippen molar-refractivity contribution in [2.45, 2.75) is 13.0 Å². The summed E-state index contributed by atoms with van der Waals surface area (Å²) >= 11 is 0. The number of hydrogen-bond donors (Lipinski definition) is 2. The molecule has 0 radical (unpaired) electrons. The summed E-state index contributed by atoms with van der Waals surface area (Å²) < 4.78 is 5.20. The second-order valence-electron chi connectivity index (χ2n) is 3.63. The summed E-state index contributed by atoms with van der Waals surface area (Å²) in [6.45, 7) is 1.54. The molecule has 1 aromatic heterocycles. The number of aromatic hydroxyl groups is 1. The highest BCUT2D eigenvalue weighted by molar-refractivity contribution is 5.31. The van der Waals surface area contributed by atoms with Crippen LogP contribution in [0.25, 0.3) is 0 Å². The second kappa shape index (κ2) is 5.37. The van der Waals surface area contributed by atoms with Crippen molar-refractivity contribution >= 4 is 0 Å². The molecule has 0 aliphatic carbocycles. The third kappa shape index (κ3) is 2.87. The average Bonchev–Trinajstić information content (AvgIpc) is 2.79. The van der Waals surface area contributed by atoms with Gasteiger partial charge in [0.2, 0.25) is 0 Å². The molecule has 0 aliphatic rings. The molecule has 0 bridgehead atoms. The Labute approximate surface area is 94.7 Å². The highest BCUT2D eigenvalue weighted by atomic mass is 16.3. The van der Waals surface area contributed by atoms with Crippen molar-refractivity contribution in [1.82, 2.24) is 5.32 Å². The van der Waals surface area contributed by atoms with Crippen LogP contribution in [0.1, 0.15) is 11.3 Å². The van der Waals surface area contributed by atoms with Crippen LogP contribution in [-0.2, 0) is 13.0 Å². The van der Waals surface area contributed by atoms with E-state index in [1.54, 1.807) is 12.3 Å². The van der Waals surface area contributed by atoms with Gasteiger partial charge in [-0.1, -0.05) is 18.2 Å². The molecule has 0 unspecified atom stereocenters. The summed E-state index contributed by atoms with van der Waals surface area (Å²) in [5.41, 5.74) is 0.967. The maximum Gasteiger partial charge on any atom is 0.118 e. The van der Waals surface area contributed by atoms with E-state index in [-0.39, 0.29) is 0 Å². The normalized spacial score (nSPS) is 10.5. The number of phenols is 1. The van der Waals surface area contributed by atoms with Crippen LogP contribution in [0.15, 0.2) is 47.1 Å². The fourth-order valence-electron chi connectivity index (χ4n) is 1.57. The van der Waals surface area contributed by atoms with Gasteiger partial charge in [-0.3, -0.25) is 0 Å². The van der Waals surface area contributed by atoms with E-state index in [9.17, 15) is 5.11 Å². The molecule has 3 heteroatoms. The highest BCUT2D eigenvalue weighted by Gasteiger charge is 1.99. The van der Waals surface area contributed by atoms with E-state index >= 15 is 0 Å². The minimum Gasteiger partial charge on any atom is -0.508 e. The van der Waals surface area contributed by atoms with E-state index < -0.39 is 0 Å². The van der Waals surface area contributed by atoms with Crippen molar-refractivity contribution in [1.29, 1.82) is 0 Å². The molecule has 1 heterocycles. The van der Waals surface area contributed by atoms with Gasteiger partial charge in [0.1, 0.15) is 11.5 Å². The summed E-state index contributed by atoms with van der Waals surface area (Å²) in [5.74, 6) is 1.29. The molecule has 0 saturated heterocycles. The van der Waals surface area contributed by atoms with Crippen molar-refractivity contribution in [3.05, 3.63) is 54.0 Å². The van der Waals surface area contributed by atoms with Crippen LogP contribution in [-0.4, -0.2) is 11.7 Å². The quantitative estimate of drug-likeness (QED) is 0.755. The van der Waals surface area contributed by atoms with Crippen molar-refractivity contribution < 1.29 is 9.52 Å². The Morgan fingerprint density at radius 2 is 2.00 bits per heavy atom. The first-order chi connectivity index (χ1) is 7.86. The largest absolute Gasteiger partial charge is 0.508 e. The molecule has 3 nitrogen and oxygen atoms in total. The van der Waals surface area contributed by atoms with Gasteiger partial charge in [0, 0.05) is 0 Å². The molecule has 0 spiro atoms. The van der Waals surface area contributed by atoms with Gasteiger partial charge in [0.15, 0.2) is 0 Å². The molecule has 1 aromatic carbocycles.